The fourth-order valence-corrected chi connectivity index (χ4v) is 2.30. The van der Waals surface area contributed by atoms with Gasteiger partial charge in [0.05, 0.1) is 17.8 Å². The first-order valence-corrected chi connectivity index (χ1v) is 7.29. The van der Waals surface area contributed by atoms with Crippen LogP contribution >= 0.6 is 0 Å². The molecule has 110 valence electrons. The fourth-order valence-electron chi connectivity index (χ4n) is 2.30. The van der Waals surface area contributed by atoms with Crippen molar-refractivity contribution in [1.29, 1.82) is 0 Å². The fraction of sp³-hybridized carbons (Fsp3) is 0.562. The molecule has 0 saturated carbocycles. The molecule has 0 aliphatic carbocycles. The predicted octanol–water partition coefficient (Wildman–Crippen LogP) is 2.80. The van der Waals surface area contributed by atoms with E-state index >= 15 is 0 Å². The largest absolute Gasteiger partial charge is 0.491 e. The summed E-state index contributed by atoms with van der Waals surface area (Å²) >= 11 is 0. The summed E-state index contributed by atoms with van der Waals surface area (Å²) in [6.45, 7) is 7.69. The zero-order valence-electron chi connectivity index (χ0n) is 12.5. The first-order valence-electron chi connectivity index (χ1n) is 7.29. The number of rotatable bonds is 5. The molecule has 0 aromatic heterocycles. The van der Waals surface area contributed by atoms with Crippen LogP contribution in [0.1, 0.15) is 33.6 Å². The SMILES string of the molecule is CC(C)COc1ccccc1NC(=O)C1(C)CCCN1. The topological polar surface area (TPSA) is 50.4 Å². The Labute approximate surface area is 120 Å². The highest BCUT2D eigenvalue weighted by Crippen LogP contribution is 2.27. The van der Waals surface area contributed by atoms with Crippen molar-refractivity contribution in [2.75, 3.05) is 18.5 Å². The third kappa shape index (κ3) is 3.51. The van der Waals surface area contributed by atoms with Crippen LogP contribution in [-0.2, 0) is 4.79 Å². The Morgan fingerprint density at radius 2 is 2.20 bits per heavy atom. The van der Waals surface area contributed by atoms with E-state index in [0.717, 1.165) is 30.8 Å². The number of carbonyl (C=O) groups excluding carboxylic acids is 1. The number of anilines is 1. The quantitative estimate of drug-likeness (QED) is 0.869. The summed E-state index contributed by atoms with van der Waals surface area (Å²) in [7, 11) is 0. The van der Waals surface area contributed by atoms with Gasteiger partial charge < -0.3 is 15.4 Å². The number of para-hydroxylation sites is 2. The predicted molar refractivity (Wildman–Crippen MR) is 81.0 cm³/mol. The maximum atomic E-state index is 12.4. The van der Waals surface area contributed by atoms with Crippen LogP contribution in [0.4, 0.5) is 5.69 Å². The molecule has 1 atom stereocenters. The number of hydrogen-bond acceptors (Lipinski definition) is 3. The van der Waals surface area contributed by atoms with Crippen LogP contribution in [-0.4, -0.2) is 24.6 Å². The summed E-state index contributed by atoms with van der Waals surface area (Å²) in [4.78, 5) is 12.4. The molecule has 2 N–H and O–H groups in total. The van der Waals surface area contributed by atoms with Crippen LogP contribution < -0.4 is 15.4 Å². The molecule has 4 heteroatoms. The summed E-state index contributed by atoms with van der Waals surface area (Å²) in [5.74, 6) is 1.19. The molecule has 1 heterocycles. The van der Waals surface area contributed by atoms with E-state index in [1.165, 1.54) is 0 Å². The molecule has 1 fully saturated rings. The lowest BCUT2D eigenvalue weighted by Gasteiger charge is -2.24. The van der Waals surface area contributed by atoms with Gasteiger partial charge in [-0.25, -0.2) is 0 Å². The van der Waals surface area contributed by atoms with E-state index in [0.29, 0.717) is 12.5 Å². The van der Waals surface area contributed by atoms with Crippen molar-refractivity contribution in [3.63, 3.8) is 0 Å². The Balaban J connectivity index is 2.06. The van der Waals surface area contributed by atoms with Crippen LogP contribution in [0.15, 0.2) is 24.3 Å². The number of nitrogens with one attached hydrogen (secondary N) is 2. The smallest absolute Gasteiger partial charge is 0.244 e. The monoisotopic (exact) mass is 276 g/mol. The van der Waals surface area contributed by atoms with E-state index in [-0.39, 0.29) is 5.91 Å². The van der Waals surface area contributed by atoms with Gasteiger partial charge in [0, 0.05) is 0 Å². The van der Waals surface area contributed by atoms with Crippen molar-refractivity contribution in [3.8, 4) is 5.75 Å². The molecule has 1 saturated heterocycles. The van der Waals surface area contributed by atoms with Crippen molar-refractivity contribution in [2.24, 2.45) is 5.92 Å². The Morgan fingerprint density at radius 1 is 1.45 bits per heavy atom. The summed E-state index contributed by atoms with van der Waals surface area (Å²) in [6, 6.07) is 7.59. The van der Waals surface area contributed by atoms with Gasteiger partial charge in [-0.05, 0) is 44.4 Å². The van der Waals surface area contributed by atoms with Gasteiger partial charge in [-0.2, -0.15) is 0 Å². The lowest BCUT2D eigenvalue weighted by molar-refractivity contribution is -0.121. The molecule has 1 aliphatic rings. The van der Waals surface area contributed by atoms with Gasteiger partial charge in [-0.3, -0.25) is 4.79 Å². The van der Waals surface area contributed by atoms with Gasteiger partial charge in [0.2, 0.25) is 5.91 Å². The first kappa shape index (κ1) is 14.9. The summed E-state index contributed by atoms with van der Waals surface area (Å²) in [6.07, 6.45) is 1.91. The molecule has 0 spiro atoms. The summed E-state index contributed by atoms with van der Waals surface area (Å²) in [5, 5.41) is 6.26. The van der Waals surface area contributed by atoms with Crippen molar-refractivity contribution in [2.45, 2.75) is 39.2 Å². The third-order valence-electron chi connectivity index (χ3n) is 3.58. The number of ether oxygens (including phenoxy) is 1. The first-order chi connectivity index (χ1) is 9.51. The van der Waals surface area contributed by atoms with Crippen molar-refractivity contribution >= 4 is 11.6 Å². The number of benzene rings is 1. The highest BCUT2D eigenvalue weighted by Gasteiger charge is 2.36. The maximum Gasteiger partial charge on any atom is 0.244 e. The lowest BCUT2D eigenvalue weighted by Crippen LogP contribution is -2.48. The second-order valence-electron chi connectivity index (χ2n) is 6.02. The van der Waals surface area contributed by atoms with Crippen molar-refractivity contribution in [1.82, 2.24) is 5.32 Å². The van der Waals surface area contributed by atoms with Crippen molar-refractivity contribution < 1.29 is 9.53 Å². The highest BCUT2D eigenvalue weighted by atomic mass is 16.5. The van der Waals surface area contributed by atoms with Crippen LogP contribution in [0, 0.1) is 5.92 Å². The van der Waals surface area contributed by atoms with Gasteiger partial charge >= 0.3 is 0 Å². The van der Waals surface area contributed by atoms with E-state index in [1.54, 1.807) is 0 Å². The van der Waals surface area contributed by atoms with Crippen LogP contribution in [0.3, 0.4) is 0 Å². The van der Waals surface area contributed by atoms with E-state index < -0.39 is 5.54 Å². The maximum absolute atomic E-state index is 12.4. The molecule has 1 aromatic rings. The summed E-state index contributed by atoms with van der Waals surface area (Å²) in [5.41, 5.74) is 0.276. The van der Waals surface area contributed by atoms with Gasteiger partial charge in [0.15, 0.2) is 0 Å². The average molecular weight is 276 g/mol. The number of amides is 1. The zero-order chi connectivity index (χ0) is 14.6. The van der Waals surface area contributed by atoms with Gasteiger partial charge in [-0.15, -0.1) is 0 Å². The second-order valence-corrected chi connectivity index (χ2v) is 6.02. The Kier molecular flexibility index (Phi) is 4.65. The van der Waals surface area contributed by atoms with Gasteiger partial charge in [0.1, 0.15) is 5.75 Å². The molecule has 20 heavy (non-hydrogen) atoms. The molecular formula is C16H24N2O2. The van der Waals surface area contributed by atoms with E-state index in [4.69, 9.17) is 4.74 Å². The van der Waals surface area contributed by atoms with E-state index in [9.17, 15) is 4.79 Å². The molecule has 1 aromatic carbocycles. The summed E-state index contributed by atoms with van der Waals surface area (Å²) < 4.78 is 5.76. The Hall–Kier alpha value is -1.55. The second kappa shape index (κ2) is 6.27. The average Bonchev–Trinajstić information content (AvgIpc) is 2.86. The van der Waals surface area contributed by atoms with Crippen LogP contribution in [0.25, 0.3) is 0 Å². The Morgan fingerprint density at radius 3 is 2.85 bits per heavy atom. The van der Waals surface area contributed by atoms with E-state index in [2.05, 4.69) is 24.5 Å². The highest BCUT2D eigenvalue weighted by molar-refractivity contribution is 5.99. The van der Waals surface area contributed by atoms with Gasteiger partial charge in [0.25, 0.3) is 0 Å². The lowest BCUT2D eigenvalue weighted by atomic mass is 9.99. The normalized spacial score (nSPS) is 22.0. The molecule has 0 radical (unpaired) electrons. The molecule has 4 nitrogen and oxygen atoms in total. The third-order valence-corrected chi connectivity index (χ3v) is 3.58. The molecule has 1 unspecified atom stereocenters. The molecule has 0 bridgehead atoms. The minimum absolute atomic E-state index is 0.00981. The molecule has 1 aliphatic heterocycles. The Bertz CT molecular complexity index is 465. The van der Waals surface area contributed by atoms with Gasteiger partial charge in [-0.1, -0.05) is 26.0 Å². The zero-order valence-corrected chi connectivity index (χ0v) is 12.5. The number of hydrogen-bond donors (Lipinski definition) is 2. The molecule has 1 amide bonds. The molecular weight excluding hydrogens is 252 g/mol. The van der Waals surface area contributed by atoms with E-state index in [1.807, 2.05) is 31.2 Å². The minimum Gasteiger partial charge on any atom is -0.491 e. The standard InChI is InChI=1S/C16H24N2O2/c1-12(2)11-20-14-8-5-4-7-13(14)18-15(19)16(3)9-6-10-17-16/h4-5,7-8,12,17H,6,9-11H2,1-3H3,(H,18,19). The number of carbonyl (C=O) groups is 1. The van der Waals surface area contributed by atoms with Crippen LogP contribution in [0.2, 0.25) is 0 Å². The van der Waals surface area contributed by atoms with Crippen molar-refractivity contribution in [3.05, 3.63) is 24.3 Å². The minimum atomic E-state index is -0.467. The van der Waals surface area contributed by atoms with Crippen LogP contribution in [0.5, 0.6) is 5.75 Å². The molecule has 2 rings (SSSR count).